The van der Waals surface area contributed by atoms with Gasteiger partial charge >= 0.3 is 0 Å². The van der Waals surface area contributed by atoms with Gasteiger partial charge in [0.05, 0.1) is 12.2 Å². The van der Waals surface area contributed by atoms with E-state index in [0.29, 0.717) is 18.5 Å². The predicted octanol–water partition coefficient (Wildman–Crippen LogP) is 1.78. The smallest absolute Gasteiger partial charge is 0.240 e. The van der Waals surface area contributed by atoms with Crippen LogP contribution in [0.2, 0.25) is 0 Å². The molecule has 2 heterocycles. The Balaban J connectivity index is 2.06. The minimum atomic E-state index is 0.395. The lowest BCUT2D eigenvalue weighted by Gasteiger charge is -2.24. The van der Waals surface area contributed by atoms with Crippen molar-refractivity contribution in [2.45, 2.75) is 46.3 Å². The fourth-order valence-electron chi connectivity index (χ4n) is 1.86. The van der Waals surface area contributed by atoms with E-state index in [4.69, 9.17) is 4.52 Å². The van der Waals surface area contributed by atoms with E-state index in [1.54, 1.807) is 0 Å². The monoisotopic (exact) mass is 263 g/mol. The zero-order chi connectivity index (χ0) is 13.8. The summed E-state index contributed by atoms with van der Waals surface area (Å²) in [4.78, 5) is 6.64. The lowest BCUT2D eigenvalue weighted by atomic mass is 10.3. The summed E-state index contributed by atoms with van der Waals surface area (Å²) in [5.74, 6) is 1.44. The summed E-state index contributed by atoms with van der Waals surface area (Å²) in [5, 5.41) is 8.12. The second kappa shape index (κ2) is 5.97. The normalized spacial score (nSPS) is 11.7. The maximum atomic E-state index is 5.26. The highest BCUT2D eigenvalue weighted by Gasteiger charge is 2.16. The largest absolute Gasteiger partial charge is 0.338 e. The molecule has 0 aliphatic carbocycles. The van der Waals surface area contributed by atoms with Crippen LogP contribution < -0.4 is 0 Å². The Hall–Kier alpha value is -1.69. The van der Waals surface area contributed by atoms with Gasteiger partial charge < -0.3 is 4.52 Å². The van der Waals surface area contributed by atoms with Crippen molar-refractivity contribution in [1.29, 1.82) is 0 Å². The standard InChI is InChI=1S/C13H21N5O/c1-5-12-15-13(19-16-12)9-18(10(2)3)8-11-6-7-14-17(11)4/h6-7,10H,5,8-9H2,1-4H3. The molecule has 0 aliphatic heterocycles. The summed E-state index contributed by atoms with van der Waals surface area (Å²) in [7, 11) is 1.95. The number of hydrogen-bond donors (Lipinski definition) is 0. The number of nitrogens with zero attached hydrogens (tertiary/aromatic N) is 5. The van der Waals surface area contributed by atoms with Gasteiger partial charge in [-0.1, -0.05) is 12.1 Å². The molecule has 0 atom stereocenters. The van der Waals surface area contributed by atoms with Crippen LogP contribution in [0.4, 0.5) is 0 Å². The second-order valence-corrected chi connectivity index (χ2v) is 4.90. The van der Waals surface area contributed by atoms with Gasteiger partial charge in [-0.25, -0.2) is 0 Å². The molecule has 0 amide bonds. The first-order valence-corrected chi connectivity index (χ1v) is 6.62. The van der Waals surface area contributed by atoms with Gasteiger partial charge in [0, 0.05) is 32.3 Å². The fourth-order valence-corrected chi connectivity index (χ4v) is 1.86. The van der Waals surface area contributed by atoms with Crippen molar-refractivity contribution in [2.24, 2.45) is 7.05 Å². The molecule has 6 nitrogen and oxygen atoms in total. The van der Waals surface area contributed by atoms with Gasteiger partial charge in [-0.05, 0) is 19.9 Å². The van der Waals surface area contributed by atoms with Gasteiger partial charge in [-0.2, -0.15) is 10.1 Å². The van der Waals surface area contributed by atoms with Gasteiger partial charge in [0.2, 0.25) is 5.89 Å². The minimum absolute atomic E-state index is 0.395. The molecule has 104 valence electrons. The third-order valence-electron chi connectivity index (χ3n) is 3.18. The third-order valence-corrected chi connectivity index (χ3v) is 3.18. The van der Waals surface area contributed by atoms with Crippen molar-refractivity contribution in [1.82, 2.24) is 24.8 Å². The average molecular weight is 263 g/mol. The summed E-state index contributed by atoms with van der Waals surface area (Å²) in [5.41, 5.74) is 1.17. The van der Waals surface area contributed by atoms with Crippen LogP contribution in [-0.4, -0.2) is 30.9 Å². The summed E-state index contributed by atoms with van der Waals surface area (Å²) >= 11 is 0. The number of aromatic nitrogens is 4. The van der Waals surface area contributed by atoms with Crippen LogP contribution in [0, 0.1) is 0 Å². The molecule has 2 rings (SSSR count). The summed E-state index contributed by atoms with van der Waals surface area (Å²) in [6, 6.07) is 2.42. The first-order valence-electron chi connectivity index (χ1n) is 6.62. The highest BCUT2D eigenvalue weighted by Crippen LogP contribution is 2.11. The van der Waals surface area contributed by atoms with E-state index < -0.39 is 0 Å². The average Bonchev–Trinajstić information content (AvgIpc) is 2.98. The molecule has 0 saturated heterocycles. The van der Waals surface area contributed by atoms with Crippen molar-refractivity contribution in [3.8, 4) is 0 Å². The first-order chi connectivity index (χ1) is 9.10. The quantitative estimate of drug-likeness (QED) is 0.795. The molecule has 0 aromatic carbocycles. The highest BCUT2D eigenvalue weighted by molar-refractivity contribution is 5.00. The lowest BCUT2D eigenvalue weighted by molar-refractivity contribution is 0.172. The van der Waals surface area contributed by atoms with Crippen LogP contribution in [0.1, 0.15) is 38.2 Å². The van der Waals surface area contributed by atoms with Crippen LogP contribution in [0.5, 0.6) is 0 Å². The van der Waals surface area contributed by atoms with Gasteiger partial charge in [-0.3, -0.25) is 9.58 Å². The maximum Gasteiger partial charge on any atom is 0.240 e. The van der Waals surface area contributed by atoms with Crippen molar-refractivity contribution >= 4 is 0 Å². The molecule has 2 aromatic rings. The molecule has 19 heavy (non-hydrogen) atoms. The molecular formula is C13H21N5O. The minimum Gasteiger partial charge on any atom is -0.338 e. The molecule has 0 bridgehead atoms. The summed E-state index contributed by atoms with van der Waals surface area (Å²) in [6.45, 7) is 7.82. The van der Waals surface area contributed by atoms with Crippen LogP contribution >= 0.6 is 0 Å². The van der Waals surface area contributed by atoms with Crippen LogP contribution in [0.25, 0.3) is 0 Å². The van der Waals surface area contributed by atoms with Crippen molar-refractivity contribution in [2.75, 3.05) is 0 Å². The Morgan fingerprint density at radius 1 is 1.37 bits per heavy atom. The fraction of sp³-hybridized carbons (Fsp3) is 0.615. The Labute approximate surface area is 113 Å². The van der Waals surface area contributed by atoms with Crippen LogP contribution in [0.3, 0.4) is 0 Å². The molecule has 2 aromatic heterocycles. The third kappa shape index (κ3) is 3.41. The molecule has 0 N–H and O–H groups in total. The highest BCUT2D eigenvalue weighted by atomic mass is 16.5. The molecule has 0 unspecified atom stereocenters. The Morgan fingerprint density at radius 2 is 2.16 bits per heavy atom. The Morgan fingerprint density at radius 3 is 2.68 bits per heavy atom. The lowest BCUT2D eigenvalue weighted by Crippen LogP contribution is -2.30. The maximum absolute atomic E-state index is 5.26. The predicted molar refractivity (Wildman–Crippen MR) is 71.3 cm³/mol. The molecule has 0 fully saturated rings. The SMILES string of the molecule is CCc1noc(CN(Cc2ccnn2C)C(C)C)n1. The Kier molecular flexibility index (Phi) is 4.31. The van der Waals surface area contributed by atoms with E-state index in [1.165, 1.54) is 5.69 Å². The first kappa shape index (κ1) is 13.7. The molecule has 0 aliphatic rings. The summed E-state index contributed by atoms with van der Waals surface area (Å²) in [6.07, 6.45) is 2.61. The van der Waals surface area contributed by atoms with E-state index in [1.807, 2.05) is 30.9 Å². The second-order valence-electron chi connectivity index (χ2n) is 4.90. The van der Waals surface area contributed by atoms with E-state index >= 15 is 0 Å². The van der Waals surface area contributed by atoms with E-state index in [-0.39, 0.29) is 0 Å². The molecule has 0 radical (unpaired) electrons. The molecule has 0 saturated carbocycles. The van der Waals surface area contributed by atoms with Crippen LogP contribution in [-0.2, 0) is 26.6 Å². The van der Waals surface area contributed by atoms with Gasteiger partial charge in [0.25, 0.3) is 0 Å². The van der Waals surface area contributed by atoms with Gasteiger partial charge in [0.15, 0.2) is 5.82 Å². The number of rotatable bonds is 6. The summed E-state index contributed by atoms with van der Waals surface area (Å²) < 4.78 is 7.15. The number of hydrogen-bond acceptors (Lipinski definition) is 5. The van der Waals surface area contributed by atoms with E-state index in [9.17, 15) is 0 Å². The molecular weight excluding hydrogens is 242 g/mol. The van der Waals surface area contributed by atoms with Crippen molar-refractivity contribution in [3.63, 3.8) is 0 Å². The van der Waals surface area contributed by atoms with Gasteiger partial charge in [0.1, 0.15) is 0 Å². The van der Waals surface area contributed by atoms with Crippen molar-refractivity contribution in [3.05, 3.63) is 29.7 Å². The molecule has 0 spiro atoms. The zero-order valence-electron chi connectivity index (χ0n) is 12.0. The Bertz CT molecular complexity index is 517. The van der Waals surface area contributed by atoms with E-state index in [0.717, 1.165) is 18.8 Å². The van der Waals surface area contributed by atoms with Gasteiger partial charge in [-0.15, -0.1) is 0 Å². The molecule has 6 heteroatoms. The van der Waals surface area contributed by atoms with Crippen LogP contribution in [0.15, 0.2) is 16.8 Å². The van der Waals surface area contributed by atoms with Crippen molar-refractivity contribution < 1.29 is 4.52 Å². The van der Waals surface area contributed by atoms with E-state index in [2.05, 4.69) is 34.0 Å². The number of aryl methyl sites for hydroxylation is 2. The topological polar surface area (TPSA) is 60.0 Å². The zero-order valence-corrected chi connectivity index (χ0v) is 12.0.